The van der Waals surface area contributed by atoms with Crippen LogP contribution in [0.5, 0.6) is 0 Å². The van der Waals surface area contributed by atoms with Crippen LogP contribution in [0.25, 0.3) is 0 Å². The van der Waals surface area contributed by atoms with E-state index in [4.69, 9.17) is 15.3 Å². The molecular weight excluding hydrogens is 222 g/mol. The molecule has 0 spiro atoms. The third-order valence-corrected chi connectivity index (χ3v) is 3.59. The zero-order valence-corrected chi connectivity index (χ0v) is 9.50. The van der Waals surface area contributed by atoms with E-state index in [-0.39, 0.29) is 12.3 Å². The lowest BCUT2D eigenvalue weighted by atomic mass is 9.80. The van der Waals surface area contributed by atoms with E-state index in [2.05, 4.69) is 0 Å². The van der Waals surface area contributed by atoms with Gasteiger partial charge in [-0.1, -0.05) is 6.42 Å². The van der Waals surface area contributed by atoms with Crippen LogP contribution in [0, 0.1) is 5.92 Å². The maximum atomic E-state index is 10.8. The van der Waals surface area contributed by atoms with Gasteiger partial charge in [-0.15, -0.1) is 0 Å². The lowest BCUT2D eigenvalue weighted by Crippen LogP contribution is -2.47. The van der Waals surface area contributed by atoms with Gasteiger partial charge in [0, 0.05) is 11.5 Å². The Morgan fingerprint density at radius 3 is 3.06 bits per heavy atom. The van der Waals surface area contributed by atoms with Crippen LogP contribution in [0.4, 0.5) is 0 Å². The van der Waals surface area contributed by atoms with Crippen LogP contribution in [0.1, 0.15) is 37.5 Å². The summed E-state index contributed by atoms with van der Waals surface area (Å²) >= 11 is 0. The fourth-order valence-electron chi connectivity index (χ4n) is 2.76. The molecule has 0 radical (unpaired) electrons. The number of carboxylic acid groups (broad SMARTS) is 1. The van der Waals surface area contributed by atoms with E-state index < -0.39 is 17.6 Å². The number of nitrogens with two attached hydrogens (primary N) is 1. The first-order valence-electron chi connectivity index (χ1n) is 5.75. The maximum Gasteiger partial charge on any atom is 0.305 e. The third kappa shape index (κ3) is 2.35. The van der Waals surface area contributed by atoms with Gasteiger partial charge in [0.2, 0.25) is 0 Å². The Balaban J connectivity index is 2.16. The standard InChI is InChI=1S/C12H17NO4/c13-12(7-10(14)15)5-1-3-8(12)11(16)9-4-2-6-17-9/h2,4,6,8,11,16H,1,3,5,7,13H2,(H,14,15)/t8-,11+,12+/m0/s1. The molecule has 1 aliphatic carbocycles. The minimum absolute atomic E-state index is 0.116. The molecule has 0 unspecified atom stereocenters. The average Bonchev–Trinajstić information content (AvgIpc) is 2.84. The number of rotatable bonds is 4. The Kier molecular flexibility index (Phi) is 3.22. The zero-order chi connectivity index (χ0) is 12.5. The monoisotopic (exact) mass is 239 g/mol. The highest BCUT2D eigenvalue weighted by molar-refractivity contribution is 5.68. The number of hydrogen-bond donors (Lipinski definition) is 3. The number of aliphatic carboxylic acids is 1. The van der Waals surface area contributed by atoms with E-state index in [1.165, 1.54) is 6.26 Å². The molecule has 0 aliphatic heterocycles. The molecule has 4 N–H and O–H groups in total. The molecule has 1 aromatic heterocycles. The summed E-state index contributed by atoms with van der Waals surface area (Å²) in [5.41, 5.74) is 5.29. The molecule has 1 aromatic rings. The first-order chi connectivity index (χ1) is 8.03. The number of carboxylic acids is 1. The summed E-state index contributed by atoms with van der Waals surface area (Å²) in [6, 6.07) is 3.38. The van der Waals surface area contributed by atoms with Crippen molar-refractivity contribution in [2.24, 2.45) is 11.7 Å². The fraction of sp³-hybridized carbons (Fsp3) is 0.583. The SMILES string of the molecule is N[C@@]1(CC(=O)O)CCC[C@H]1[C@@H](O)c1ccco1. The van der Waals surface area contributed by atoms with Crippen molar-refractivity contribution in [3.05, 3.63) is 24.2 Å². The molecule has 17 heavy (non-hydrogen) atoms. The number of carbonyl (C=O) groups is 1. The maximum absolute atomic E-state index is 10.8. The van der Waals surface area contributed by atoms with Crippen molar-refractivity contribution in [3.8, 4) is 0 Å². The number of aliphatic hydroxyl groups excluding tert-OH is 1. The second-order valence-corrected chi connectivity index (χ2v) is 4.76. The Labute approximate surface area is 99.2 Å². The van der Waals surface area contributed by atoms with Gasteiger partial charge in [0.25, 0.3) is 0 Å². The summed E-state index contributed by atoms with van der Waals surface area (Å²) < 4.78 is 5.15. The van der Waals surface area contributed by atoms with Gasteiger partial charge in [-0.05, 0) is 25.0 Å². The van der Waals surface area contributed by atoms with Crippen molar-refractivity contribution < 1.29 is 19.4 Å². The highest BCUT2D eigenvalue weighted by atomic mass is 16.4. The van der Waals surface area contributed by atoms with Gasteiger partial charge >= 0.3 is 5.97 Å². The Bertz CT molecular complexity index is 389. The number of furan rings is 1. The molecule has 0 bridgehead atoms. The molecule has 1 saturated carbocycles. The first kappa shape index (κ1) is 12.1. The average molecular weight is 239 g/mol. The lowest BCUT2D eigenvalue weighted by Gasteiger charge is -2.32. The smallest absolute Gasteiger partial charge is 0.305 e. The van der Waals surface area contributed by atoms with Crippen molar-refractivity contribution in [2.75, 3.05) is 0 Å². The molecule has 0 amide bonds. The Morgan fingerprint density at radius 2 is 2.47 bits per heavy atom. The van der Waals surface area contributed by atoms with E-state index in [1.807, 2.05) is 0 Å². The van der Waals surface area contributed by atoms with Gasteiger partial charge in [0.05, 0.1) is 12.7 Å². The van der Waals surface area contributed by atoms with E-state index >= 15 is 0 Å². The van der Waals surface area contributed by atoms with Crippen molar-refractivity contribution in [1.82, 2.24) is 0 Å². The second-order valence-electron chi connectivity index (χ2n) is 4.76. The highest BCUT2D eigenvalue weighted by Crippen LogP contribution is 2.43. The fourth-order valence-corrected chi connectivity index (χ4v) is 2.76. The third-order valence-electron chi connectivity index (χ3n) is 3.59. The molecule has 5 nitrogen and oxygen atoms in total. The molecule has 0 aromatic carbocycles. The van der Waals surface area contributed by atoms with Gasteiger partial charge in [-0.3, -0.25) is 4.79 Å². The topological polar surface area (TPSA) is 96.7 Å². The normalized spacial score (nSPS) is 30.4. The van der Waals surface area contributed by atoms with Crippen molar-refractivity contribution in [3.63, 3.8) is 0 Å². The second kappa shape index (κ2) is 4.50. The summed E-state index contributed by atoms with van der Waals surface area (Å²) in [7, 11) is 0. The molecule has 94 valence electrons. The molecule has 0 saturated heterocycles. The van der Waals surface area contributed by atoms with E-state index in [0.717, 1.165) is 12.8 Å². The summed E-state index contributed by atoms with van der Waals surface area (Å²) in [4.78, 5) is 10.8. The van der Waals surface area contributed by atoms with Gasteiger partial charge in [0.1, 0.15) is 11.9 Å². The largest absolute Gasteiger partial charge is 0.481 e. The highest BCUT2D eigenvalue weighted by Gasteiger charge is 2.45. The summed E-state index contributed by atoms with van der Waals surface area (Å²) in [5.74, 6) is -0.729. The van der Waals surface area contributed by atoms with Crippen LogP contribution in [0.3, 0.4) is 0 Å². The minimum atomic E-state index is -0.925. The first-order valence-corrected chi connectivity index (χ1v) is 5.75. The van der Waals surface area contributed by atoms with Crippen molar-refractivity contribution in [1.29, 1.82) is 0 Å². The lowest BCUT2D eigenvalue weighted by molar-refractivity contribution is -0.139. The predicted molar refractivity (Wildman–Crippen MR) is 60.2 cm³/mol. The minimum Gasteiger partial charge on any atom is -0.481 e. The van der Waals surface area contributed by atoms with Crippen LogP contribution in [-0.2, 0) is 4.79 Å². The van der Waals surface area contributed by atoms with E-state index in [1.54, 1.807) is 12.1 Å². The molecule has 3 atom stereocenters. The predicted octanol–water partition coefficient (Wildman–Crippen LogP) is 1.29. The van der Waals surface area contributed by atoms with E-state index in [0.29, 0.717) is 12.2 Å². The number of aliphatic hydroxyl groups is 1. The summed E-state index contributed by atoms with van der Waals surface area (Å²) in [6.45, 7) is 0. The Morgan fingerprint density at radius 1 is 1.71 bits per heavy atom. The molecule has 1 fully saturated rings. The van der Waals surface area contributed by atoms with Gasteiger partial charge < -0.3 is 20.4 Å². The number of hydrogen-bond acceptors (Lipinski definition) is 4. The van der Waals surface area contributed by atoms with Crippen LogP contribution in [0.2, 0.25) is 0 Å². The van der Waals surface area contributed by atoms with Crippen LogP contribution in [0.15, 0.2) is 22.8 Å². The summed E-state index contributed by atoms with van der Waals surface area (Å²) in [6.07, 6.45) is 2.75. The molecular formula is C12H17NO4. The van der Waals surface area contributed by atoms with E-state index in [9.17, 15) is 9.90 Å². The van der Waals surface area contributed by atoms with Crippen molar-refractivity contribution >= 4 is 5.97 Å². The van der Waals surface area contributed by atoms with Crippen LogP contribution >= 0.6 is 0 Å². The van der Waals surface area contributed by atoms with Crippen LogP contribution in [-0.4, -0.2) is 21.7 Å². The molecule has 5 heteroatoms. The zero-order valence-electron chi connectivity index (χ0n) is 9.50. The Hall–Kier alpha value is -1.33. The summed E-state index contributed by atoms with van der Waals surface area (Å²) in [5, 5.41) is 19.1. The molecule has 2 rings (SSSR count). The van der Waals surface area contributed by atoms with Gasteiger partial charge in [-0.2, -0.15) is 0 Å². The quantitative estimate of drug-likeness (QED) is 0.735. The van der Waals surface area contributed by atoms with Gasteiger partial charge in [-0.25, -0.2) is 0 Å². The van der Waals surface area contributed by atoms with Gasteiger partial charge in [0.15, 0.2) is 0 Å². The van der Waals surface area contributed by atoms with Crippen molar-refractivity contribution in [2.45, 2.75) is 37.3 Å². The van der Waals surface area contributed by atoms with Crippen LogP contribution < -0.4 is 5.73 Å². The molecule has 1 aliphatic rings. The molecule has 1 heterocycles.